The van der Waals surface area contributed by atoms with E-state index in [1.54, 1.807) is 13.0 Å². The third kappa shape index (κ3) is 4.37. The molecule has 0 bridgehead atoms. The molecule has 6 nitrogen and oxygen atoms in total. The summed E-state index contributed by atoms with van der Waals surface area (Å²) in [6.45, 7) is 12.2. The lowest BCUT2D eigenvalue weighted by atomic mass is 9.79. The van der Waals surface area contributed by atoms with Gasteiger partial charge in [0, 0.05) is 28.1 Å². The molecule has 1 amide bonds. The van der Waals surface area contributed by atoms with Crippen LogP contribution < -0.4 is 21.0 Å². The molecule has 2 heterocycles. The Kier molecular flexibility index (Phi) is 5.53. The second-order valence-corrected chi connectivity index (χ2v) is 10.3. The molecule has 1 atom stereocenters. The van der Waals surface area contributed by atoms with Crippen LogP contribution in [0.3, 0.4) is 0 Å². The van der Waals surface area contributed by atoms with Gasteiger partial charge in [-0.05, 0) is 78.0 Å². The molecule has 0 unspecified atom stereocenters. The van der Waals surface area contributed by atoms with Crippen LogP contribution in [0.5, 0.6) is 5.75 Å². The largest absolute Gasteiger partial charge is 0.480 e. The number of aryl methyl sites for hydroxylation is 1. The number of fused-ring (bicyclic) bond motifs is 3. The summed E-state index contributed by atoms with van der Waals surface area (Å²) in [7, 11) is 0. The van der Waals surface area contributed by atoms with Gasteiger partial charge in [0.25, 0.3) is 5.91 Å². The fourth-order valence-corrected chi connectivity index (χ4v) is 5.18. The Bertz CT molecular complexity index is 1230. The molecule has 32 heavy (non-hydrogen) atoms. The van der Waals surface area contributed by atoms with Crippen molar-refractivity contribution in [1.82, 2.24) is 10.6 Å². The zero-order valence-electron chi connectivity index (χ0n) is 19.7. The topological polar surface area (TPSA) is 80.6 Å². The minimum Gasteiger partial charge on any atom is -0.480 e. The standard InChI is InChI=1S/C26H32N2O4/c1-15-21(12-11-19-18-9-7-8-10-20(18)24(30)32-22(15)19)31-16(2)23(29)27-17-13-25(3,4)28-26(5,6)14-17/h7-12,16-17,28H,13-14H2,1-6H3,(H,27,29)/t16-/m1/s1. The van der Waals surface area contributed by atoms with E-state index in [1.807, 2.05) is 37.3 Å². The summed E-state index contributed by atoms with van der Waals surface area (Å²) in [6, 6.07) is 11.2. The number of piperidine rings is 1. The van der Waals surface area contributed by atoms with Gasteiger partial charge in [0.1, 0.15) is 11.3 Å². The van der Waals surface area contributed by atoms with Crippen molar-refractivity contribution in [1.29, 1.82) is 0 Å². The second kappa shape index (κ2) is 7.93. The van der Waals surface area contributed by atoms with Crippen LogP contribution in [0.25, 0.3) is 21.7 Å². The quantitative estimate of drug-likeness (QED) is 0.467. The van der Waals surface area contributed by atoms with Gasteiger partial charge >= 0.3 is 5.63 Å². The molecule has 170 valence electrons. The smallest absolute Gasteiger partial charge is 0.344 e. The molecule has 1 aliphatic heterocycles. The minimum atomic E-state index is -0.681. The molecule has 3 aromatic rings. The molecule has 2 aromatic carbocycles. The van der Waals surface area contributed by atoms with E-state index in [4.69, 9.17) is 9.15 Å². The number of rotatable bonds is 4. The van der Waals surface area contributed by atoms with Gasteiger partial charge in [0.15, 0.2) is 6.10 Å². The van der Waals surface area contributed by atoms with Crippen LogP contribution in [0.15, 0.2) is 45.6 Å². The molecule has 4 rings (SSSR count). The molecule has 0 spiro atoms. The monoisotopic (exact) mass is 436 g/mol. The first kappa shape index (κ1) is 22.3. The molecule has 6 heteroatoms. The summed E-state index contributed by atoms with van der Waals surface area (Å²) in [4.78, 5) is 25.3. The summed E-state index contributed by atoms with van der Waals surface area (Å²) in [6.07, 6.45) is 1.02. The van der Waals surface area contributed by atoms with Crippen molar-refractivity contribution >= 4 is 27.6 Å². The van der Waals surface area contributed by atoms with Crippen LogP contribution in [0.1, 0.15) is 53.0 Å². The lowest BCUT2D eigenvalue weighted by Gasteiger charge is -2.46. The molecule has 0 radical (unpaired) electrons. The Morgan fingerprint density at radius 3 is 2.34 bits per heavy atom. The van der Waals surface area contributed by atoms with E-state index < -0.39 is 6.10 Å². The number of hydrogen-bond acceptors (Lipinski definition) is 5. The normalized spacial score (nSPS) is 19.1. The maximum absolute atomic E-state index is 12.9. The Hall–Kier alpha value is -2.86. The lowest BCUT2D eigenvalue weighted by molar-refractivity contribution is -0.128. The molecule has 1 aromatic heterocycles. The highest BCUT2D eigenvalue weighted by atomic mass is 16.5. The van der Waals surface area contributed by atoms with Crippen molar-refractivity contribution in [3.63, 3.8) is 0 Å². The Balaban J connectivity index is 1.55. The zero-order chi connectivity index (χ0) is 23.3. The van der Waals surface area contributed by atoms with Gasteiger partial charge in [0.2, 0.25) is 0 Å². The fraction of sp³-hybridized carbons (Fsp3) is 0.462. The van der Waals surface area contributed by atoms with E-state index in [2.05, 4.69) is 38.3 Å². The summed E-state index contributed by atoms with van der Waals surface area (Å²) < 4.78 is 11.6. The van der Waals surface area contributed by atoms with Gasteiger partial charge in [-0.3, -0.25) is 4.79 Å². The lowest BCUT2D eigenvalue weighted by Crippen LogP contribution is -2.62. The first-order chi connectivity index (χ1) is 15.0. The second-order valence-electron chi connectivity index (χ2n) is 10.3. The van der Waals surface area contributed by atoms with E-state index in [0.717, 1.165) is 23.6 Å². The summed E-state index contributed by atoms with van der Waals surface area (Å²) in [5.41, 5.74) is 0.697. The number of carbonyl (C=O) groups excluding carboxylic acids is 1. The van der Waals surface area contributed by atoms with E-state index in [-0.39, 0.29) is 28.7 Å². The third-order valence-corrected chi connectivity index (χ3v) is 6.20. The first-order valence-corrected chi connectivity index (χ1v) is 11.2. The van der Waals surface area contributed by atoms with Crippen LogP contribution in [0.4, 0.5) is 0 Å². The number of benzene rings is 2. The molecule has 2 N–H and O–H groups in total. The van der Waals surface area contributed by atoms with E-state index >= 15 is 0 Å². The number of nitrogens with one attached hydrogen (secondary N) is 2. The number of carbonyl (C=O) groups is 1. The summed E-state index contributed by atoms with van der Waals surface area (Å²) >= 11 is 0. The predicted molar refractivity (Wildman–Crippen MR) is 127 cm³/mol. The van der Waals surface area contributed by atoms with Crippen molar-refractivity contribution in [2.75, 3.05) is 0 Å². The molecule has 0 aliphatic carbocycles. The Morgan fingerprint density at radius 1 is 1.06 bits per heavy atom. The molecule has 0 saturated carbocycles. The molecule has 1 saturated heterocycles. The van der Waals surface area contributed by atoms with Crippen molar-refractivity contribution in [3.05, 3.63) is 52.4 Å². The van der Waals surface area contributed by atoms with E-state index in [1.165, 1.54) is 0 Å². The van der Waals surface area contributed by atoms with Crippen molar-refractivity contribution in [2.45, 2.75) is 77.6 Å². The molecular formula is C26H32N2O4. The highest BCUT2D eigenvalue weighted by Crippen LogP contribution is 2.32. The van der Waals surface area contributed by atoms with Gasteiger partial charge in [-0.15, -0.1) is 0 Å². The van der Waals surface area contributed by atoms with Gasteiger partial charge in [0.05, 0.1) is 5.39 Å². The van der Waals surface area contributed by atoms with Crippen LogP contribution >= 0.6 is 0 Å². The number of amides is 1. The number of ether oxygens (including phenoxy) is 1. The predicted octanol–water partition coefficient (Wildman–Crippen LogP) is 4.45. The summed E-state index contributed by atoms with van der Waals surface area (Å²) in [5, 5.41) is 9.03. The average Bonchev–Trinajstić information content (AvgIpc) is 2.68. The van der Waals surface area contributed by atoms with E-state index in [9.17, 15) is 9.59 Å². The first-order valence-electron chi connectivity index (χ1n) is 11.2. The van der Waals surface area contributed by atoms with E-state index in [0.29, 0.717) is 22.3 Å². The van der Waals surface area contributed by atoms with Gasteiger partial charge in [-0.25, -0.2) is 4.79 Å². The van der Waals surface area contributed by atoms with Crippen LogP contribution in [-0.2, 0) is 4.79 Å². The maximum Gasteiger partial charge on any atom is 0.344 e. The van der Waals surface area contributed by atoms with Gasteiger partial charge in [-0.1, -0.05) is 18.2 Å². The molecule has 1 fully saturated rings. The minimum absolute atomic E-state index is 0.0565. The SMILES string of the molecule is Cc1c(O[C@H](C)C(=O)NC2CC(C)(C)NC(C)(C)C2)ccc2c1oc(=O)c1ccccc12. The van der Waals surface area contributed by atoms with Gasteiger partial charge in [-0.2, -0.15) is 0 Å². The average molecular weight is 437 g/mol. The maximum atomic E-state index is 12.9. The highest BCUT2D eigenvalue weighted by molar-refractivity contribution is 6.05. The summed E-state index contributed by atoms with van der Waals surface area (Å²) in [5.74, 6) is 0.382. The van der Waals surface area contributed by atoms with Crippen LogP contribution in [0, 0.1) is 6.92 Å². The van der Waals surface area contributed by atoms with Crippen molar-refractivity contribution < 1.29 is 13.9 Å². The molecule has 1 aliphatic rings. The van der Waals surface area contributed by atoms with Crippen LogP contribution in [0.2, 0.25) is 0 Å². The Labute approximate surface area is 188 Å². The Morgan fingerprint density at radius 2 is 1.69 bits per heavy atom. The van der Waals surface area contributed by atoms with Gasteiger partial charge < -0.3 is 19.8 Å². The van der Waals surface area contributed by atoms with Crippen molar-refractivity contribution in [3.8, 4) is 5.75 Å². The van der Waals surface area contributed by atoms with Crippen molar-refractivity contribution in [2.24, 2.45) is 0 Å². The van der Waals surface area contributed by atoms with Crippen LogP contribution in [-0.4, -0.2) is 29.1 Å². The number of hydrogen-bond donors (Lipinski definition) is 2. The highest BCUT2D eigenvalue weighted by Gasteiger charge is 2.38. The third-order valence-electron chi connectivity index (χ3n) is 6.20. The zero-order valence-corrected chi connectivity index (χ0v) is 19.7. The molecular weight excluding hydrogens is 404 g/mol. The fourth-order valence-electron chi connectivity index (χ4n) is 5.18.